The first kappa shape index (κ1) is 18.6. The molecule has 1 N–H and O–H groups in total. The van der Waals surface area contributed by atoms with E-state index in [9.17, 15) is 13.2 Å². The second kappa shape index (κ2) is 7.61. The molecule has 8 heteroatoms. The maximum absolute atomic E-state index is 12.8. The number of carbonyl (C=O) groups is 1. The predicted molar refractivity (Wildman–Crippen MR) is 95.5 cm³/mol. The van der Waals surface area contributed by atoms with E-state index >= 15 is 0 Å². The standard InChI is InChI=1S/C18H22N2O5S/c1-14-3-5-16(6-4-14)26(23,24)20-9-2-8-19(10-11-20)13-15-7-12-25-17(15)18(21)22/h3-7,12H,2,8-11,13H2,1H3,(H,21,22). The quantitative estimate of drug-likeness (QED) is 0.858. The fraction of sp³-hybridized carbons (Fsp3) is 0.389. The molecule has 1 aromatic carbocycles. The lowest BCUT2D eigenvalue weighted by Crippen LogP contribution is -2.35. The molecule has 0 bridgehead atoms. The Morgan fingerprint density at radius 3 is 2.54 bits per heavy atom. The van der Waals surface area contributed by atoms with Gasteiger partial charge in [0.15, 0.2) is 0 Å². The van der Waals surface area contributed by atoms with E-state index < -0.39 is 16.0 Å². The number of hydrogen-bond donors (Lipinski definition) is 1. The van der Waals surface area contributed by atoms with Crippen LogP contribution < -0.4 is 0 Å². The Bertz CT molecular complexity index is 873. The maximum atomic E-state index is 12.8. The van der Waals surface area contributed by atoms with Gasteiger partial charge in [-0.3, -0.25) is 4.90 Å². The minimum atomic E-state index is -3.52. The third-order valence-electron chi connectivity index (χ3n) is 4.54. The Labute approximate surface area is 152 Å². The number of furan rings is 1. The maximum Gasteiger partial charge on any atom is 0.372 e. The van der Waals surface area contributed by atoms with Crippen LogP contribution in [0.25, 0.3) is 0 Å². The number of hydrogen-bond acceptors (Lipinski definition) is 5. The second-order valence-electron chi connectivity index (χ2n) is 6.43. The summed E-state index contributed by atoms with van der Waals surface area (Å²) in [6.07, 6.45) is 2.05. The van der Waals surface area contributed by atoms with Crippen molar-refractivity contribution in [3.05, 3.63) is 53.5 Å². The van der Waals surface area contributed by atoms with Gasteiger partial charge in [-0.25, -0.2) is 13.2 Å². The number of aromatic carboxylic acids is 1. The molecule has 3 rings (SSSR count). The lowest BCUT2D eigenvalue weighted by molar-refractivity contribution is 0.0659. The number of carboxylic acids is 1. The number of nitrogens with zero attached hydrogens (tertiary/aromatic N) is 2. The predicted octanol–water partition coefficient (Wildman–Crippen LogP) is 2.18. The summed E-state index contributed by atoms with van der Waals surface area (Å²) in [4.78, 5) is 13.5. The van der Waals surface area contributed by atoms with Crippen LogP contribution in [0.15, 0.2) is 45.9 Å². The number of aryl methyl sites for hydroxylation is 1. The molecule has 0 atom stereocenters. The Morgan fingerprint density at radius 1 is 1.12 bits per heavy atom. The lowest BCUT2D eigenvalue weighted by atomic mass is 10.2. The highest BCUT2D eigenvalue weighted by atomic mass is 32.2. The summed E-state index contributed by atoms with van der Waals surface area (Å²) >= 11 is 0. The molecular weight excluding hydrogens is 356 g/mol. The summed E-state index contributed by atoms with van der Waals surface area (Å²) in [5, 5.41) is 9.13. The van der Waals surface area contributed by atoms with Crippen LogP contribution in [0.4, 0.5) is 0 Å². The number of benzene rings is 1. The van der Waals surface area contributed by atoms with Crippen LogP contribution in [0.3, 0.4) is 0 Å². The third kappa shape index (κ3) is 3.98. The average molecular weight is 378 g/mol. The average Bonchev–Trinajstić information content (AvgIpc) is 2.92. The molecule has 2 heterocycles. The molecule has 2 aromatic rings. The van der Waals surface area contributed by atoms with Crippen molar-refractivity contribution in [3.8, 4) is 0 Å². The van der Waals surface area contributed by atoms with Crippen molar-refractivity contribution >= 4 is 16.0 Å². The molecular formula is C18H22N2O5S. The minimum absolute atomic E-state index is 0.0571. The minimum Gasteiger partial charge on any atom is -0.475 e. The van der Waals surface area contributed by atoms with E-state index in [0.29, 0.717) is 49.6 Å². The summed E-state index contributed by atoms with van der Waals surface area (Å²) in [5.41, 5.74) is 1.62. The van der Waals surface area contributed by atoms with Crippen molar-refractivity contribution in [2.75, 3.05) is 26.2 Å². The van der Waals surface area contributed by atoms with Crippen molar-refractivity contribution in [2.45, 2.75) is 24.8 Å². The number of rotatable bonds is 5. The third-order valence-corrected chi connectivity index (χ3v) is 6.45. The van der Waals surface area contributed by atoms with E-state index in [0.717, 1.165) is 5.56 Å². The van der Waals surface area contributed by atoms with Gasteiger partial charge in [-0.2, -0.15) is 4.31 Å². The van der Waals surface area contributed by atoms with Gasteiger partial charge >= 0.3 is 5.97 Å². The Morgan fingerprint density at radius 2 is 1.85 bits per heavy atom. The smallest absolute Gasteiger partial charge is 0.372 e. The van der Waals surface area contributed by atoms with Gasteiger partial charge in [0.05, 0.1) is 11.2 Å². The van der Waals surface area contributed by atoms with Crippen LogP contribution in [0.2, 0.25) is 0 Å². The van der Waals surface area contributed by atoms with E-state index in [-0.39, 0.29) is 5.76 Å². The molecule has 0 spiro atoms. The molecule has 7 nitrogen and oxygen atoms in total. The zero-order valence-corrected chi connectivity index (χ0v) is 15.4. The zero-order valence-electron chi connectivity index (χ0n) is 14.6. The summed E-state index contributed by atoms with van der Waals surface area (Å²) in [7, 11) is -3.52. The van der Waals surface area contributed by atoms with E-state index in [1.54, 1.807) is 30.3 Å². The molecule has 1 aromatic heterocycles. The first-order chi connectivity index (χ1) is 12.4. The molecule has 0 unspecified atom stereocenters. The normalized spacial score (nSPS) is 17.1. The fourth-order valence-corrected chi connectivity index (χ4v) is 4.56. The zero-order chi connectivity index (χ0) is 18.7. The van der Waals surface area contributed by atoms with Crippen LogP contribution >= 0.6 is 0 Å². The highest BCUT2D eigenvalue weighted by molar-refractivity contribution is 7.89. The Hall–Kier alpha value is -2.16. The molecule has 0 aliphatic carbocycles. The summed E-state index contributed by atoms with van der Waals surface area (Å²) < 4.78 is 32.2. The van der Waals surface area contributed by atoms with Crippen LogP contribution in [-0.4, -0.2) is 54.9 Å². The second-order valence-corrected chi connectivity index (χ2v) is 8.36. The summed E-state index contributed by atoms with van der Waals surface area (Å²) in [6, 6.07) is 8.51. The van der Waals surface area contributed by atoms with Gasteiger partial charge in [-0.15, -0.1) is 0 Å². The van der Waals surface area contributed by atoms with Crippen molar-refractivity contribution in [1.29, 1.82) is 0 Å². The lowest BCUT2D eigenvalue weighted by Gasteiger charge is -2.21. The van der Waals surface area contributed by atoms with Gasteiger partial charge in [0, 0.05) is 31.7 Å². The largest absolute Gasteiger partial charge is 0.475 e. The highest BCUT2D eigenvalue weighted by Gasteiger charge is 2.27. The van der Waals surface area contributed by atoms with Gasteiger partial charge in [0.1, 0.15) is 0 Å². The topological polar surface area (TPSA) is 91.1 Å². The monoisotopic (exact) mass is 378 g/mol. The molecule has 140 valence electrons. The molecule has 0 radical (unpaired) electrons. The molecule has 0 saturated carbocycles. The van der Waals surface area contributed by atoms with Gasteiger partial charge < -0.3 is 9.52 Å². The first-order valence-electron chi connectivity index (χ1n) is 8.47. The van der Waals surface area contributed by atoms with E-state index in [1.165, 1.54) is 10.6 Å². The summed E-state index contributed by atoms with van der Waals surface area (Å²) in [5.74, 6) is -1.15. The first-order valence-corrected chi connectivity index (χ1v) is 9.91. The van der Waals surface area contributed by atoms with Gasteiger partial charge in [-0.1, -0.05) is 17.7 Å². The van der Waals surface area contributed by atoms with Crippen molar-refractivity contribution < 1.29 is 22.7 Å². The van der Waals surface area contributed by atoms with Crippen LogP contribution in [0, 0.1) is 6.92 Å². The van der Waals surface area contributed by atoms with Crippen molar-refractivity contribution in [1.82, 2.24) is 9.21 Å². The highest BCUT2D eigenvalue weighted by Crippen LogP contribution is 2.20. The molecule has 1 saturated heterocycles. The Balaban J connectivity index is 1.69. The van der Waals surface area contributed by atoms with Crippen molar-refractivity contribution in [2.24, 2.45) is 0 Å². The van der Waals surface area contributed by atoms with Crippen LogP contribution in [-0.2, 0) is 16.6 Å². The van der Waals surface area contributed by atoms with E-state index in [2.05, 4.69) is 4.90 Å². The fourth-order valence-electron chi connectivity index (χ4n) is 3.09. The van der Waals surface area contributed by atoms with Crippen molar-refractivity contribution in [3.63, 3.8) is 0 Å². The molecule has 1 aliphatic heterocycles. The SMILES string of the molecule is Cc1ccc(S(=O)(=O)N2CCCN(Cc3ccoc3C(=O)O)CC2)cc1. The van der Waals surface area contributed by atoms with Gasteiger partial charge in [-0.05, 0) is 38.1 Å². The van der Waals surface area contributed by atoms with Crippen LogP contribution in [0.1, 0.15) is 28.1 Å². The summed E-state index contributed by atoms with van der Waals surface area (Å²) in [6.45, 7) is 4.40. The molecule has 1 aliphatic rings. The number of carboxylic acid groups (broad SMARTS) is 1. The molecule has 0 amide bonds. The number of sulfonamides is 1. The van der Waals surface area contributed by atoms with Gasteiger partial charge in [0.25, 0.3) is 0 Å². The Kier molecular flexibility index (Phi) is 5.45. The van der Waals surface area contributed by atoms with E-state index in [1.807, 2.05) is 6.92 Å². The molecule has 1 fully saturated rings. The molecule has 26 heavy (non-hydrogen) atoms. The van der Waals surface area contributed by atoms with Crippen LogP contribution in [0.5, 0.6) is 0 Å². The van der Waals surface area contributed by atoms with Gasteiger partial charge in [0.2, 0.25) is 15.8 Å². The van der Waals surface area contributed by atoms with E-state index in [4.69, 9.17) is 9.52 Å².